The van der Waals surface area contributed by atoms with E-state index >= 15 is 0 Å². The highest BCUT2D eigenvalue weighted by Crippen LogP contribution is 2.22. The Kier molecular flexibility index (Phi) is 4.43. The lowest BCUT2D eigenvalue weighted by Crippen LogP contribution is -2.07. The highest BCUT2D eigenvalue weighted by Gasteiger charge is 2.03. The Hall–Kier alpha value is -1.22. The number of carbonyl (C=O) groups excluding carboxylic acids is 1. The molecule has 0 saturated carbocycles. The first-order valence-electron chi connectivity index (χ1n) is 4.59. The fourth-order valence-electron chi connectivity index (χ4n) is 1.08. The smallest absolute Gasteiger partial charge is 0.308 e. The molecule has 0 bridgehead atoms. The number of esters is 1. The number of hydrogen-bond acceptors (Lipinski definition) is 3. The monoisotopic (exact) mass is 228 g/mol. The highest BCUT2D eigenvalue weighted by atomic mass is 35.5. The van der Waals surface area contributed by atoms with Gasteiger partial charge in [0, 0.05) is 5.02 Å². The summed E-state index contributed by atoms with van der Waals surface area (Å²) in [7, 11) is 1.35. The van der Waals surface area contributed by atoms with Crippen molar-refractivity contribution in [3.05, 3.63) is 28.8 Å². The summed E-state index contributed by atoms with van der Waals surface area (Å²) in [6.07, 6.45) is 0.239. The molecule has 0 amide bonds. The van der Waals surface area contributed by atoms with Crippen molar-refractivity contribution in [1.29, 1.82) is 0 Å². The van der Waals surface area contributed by atoms with Gasteiger partial charge in [0.2, 0.25) is 0 Å². The van der Waals surface area contributed by atoms with Crippen molar-refractivity contribution in [2.45, 2.75) is 13.3 Å². The summed E-state index contributed by atoms with van der Waals surface area (Å²) >= 11 is 5.81. The third kappa shape index (κ3) is 3.80. The van der Waals surface area contributed by atoms with Gasteiger partial charge in [-0.15, -0.1) is 0 Å². The topological polar surface area (TPSA) is 35.5 Å². The normalized spacial score (nSPS) is 9.80. The molecule has 0 unspecified atom stereocenters. The first-order chi connectivity index (χ1) is 7.13. The van der Waals surface area contributed by atoms with Crippen LogP contribution in [0.5, 0.6) is 5.75 Å². The minimum Gasteiger partial charge on any atom is -0.493 e. The first-order valence-corrected chi connectivity index (χ1v) is 4.97. The van der Waals surface area contributed by atoms with E-state index in [9.17, 15) is 4.79 Å². The second-order valence-corrected chi connectivity index (χ2v) is 3.52. The van der Waals surface area contributed by atoms with Crippen LogP contribution in [-0.4, -0.2) is 19.7 Å². The molecule has 0 spiro atoms. The van der Waals surface area contributed by atoms with Gasteiger partial charge in [-0.25, -0.2) is 0 Å². The van der Waals surface area contributed by atoms with E-state index in [1.54, 1.807) is 12.1 Å². The molecule has 1 aromatic carbocycles. The maximum Gasteiger partial charge on any atom is 0.308 e. The molecule has 0 aliphatic carbocycles. The Labute approximate surface area is 93.9 Å². The molecule has 0 aromatic heterocycles. The molecule has 0 fully saturated rings. The third-order valence-electron chi connectivity index (χ3n) is 1.94. The first kappa shape index (κ1) is 11.9. The largest absolute Gasteiger partial charge is 0.493 e. The van der Waals surface area contributed by atoms with E-state index in [2.05, 4.69) is 4.74 Å². The van der Waals surface area contributed by atoms with Crippen LogP contribution in [0.25, 0.3) is 0 Å². The van der Waals surface area contributed by atoms with Gasteiger partial charge >= 0.3 is 5.97 Å². The zero-order chi connectivity index (χ0) is 11.3. The standard InChI is InChI=1S/C11H13ClO3/c1-8-3-4-9(12)7-10(8)15-6-5-11(13)14-2/h3-4,7H,5-6H2,1-2H3. The van der Waals surface area contributed by atoms with Crippen LogP contribution in [0.2, 0.25) is 5.02 Å². The number of aryl methyl sites for hydroxylation is 1. The van der Waals surface area contributed by atoms with Crippen LogP contribution in [0.3, 0.4) is 0 Å². The summed E-state index contributed by atoms with van der Waals surface area (Å²) in [5, 5.41) is 0.619. The molecule has 0 aliphatic heterocycles. The molecule has 82 valence electrons. The predicted octanol–water partition coefficient (Wildman–Crippen LogP) is 2.59. The molecule has 0 saturated heterocycles. The van der Waals surface area contributed by atoms with Crippen LogP contribution in [0.1, 0.15) is 12.0 Å². The molecule has 0 N–H and O–H groups in total. The summed E-state index contributed by atoms with van der Waals surface area (Å²) in [6, 6.07) is 5.40. The van der Waals surface area contributed by atoms with Gasteiger partial charge in [-0.1, -0.05) is 17.7 Å². The van der Waals surface area contributed by atoms with Crippen LogP contribution in [0.15, 0.2) is 18.2 Å². The van der Waals surface area contributed by atoms with Crippen molar-refractivity contribution in [2.24, 2.45) is 0 Å². The summed E-state index contributed by atoms with van der Waals surface area (Å²) in [6.45, 7) is 2.22. The van der Waals surface area contributed by atoms with E-state index in [-0.39, 0.29) is 12.4 Å². The van der Waals surface area contributed by atoms with E-state index < -0.39 is 0 Å². The average molecular weight is 229 g/mol. The Balaban J connectivity index is 2.50. The minimum atomic E-state index is -0.283. The number of benzene rings is 1. The molecular weight excluding hydrogens is 216 g/mol. The molecule has 0 aliphatic rings. The Morgan fingerprint density at radius 1 is 1.47 bits per heavy atom. The average Bonchev–Trinajstić information content (AvgIpc) is 2.23. The summed E-state index contributed by atoms with van der Waals surface area (Å²) < 4.78 is 9.90. The molecule has 4 heteroatoms. The van der Waals surface area contributed by atoms with Crippen LogP contribution < -0.4 is 4.74 Å². The SMILES string of the molecule is COC(=O)CCOc1cc(Cl)ccc1C. The van der Waals surface area contributed by atoms with Gasteiger partial charge in [0.1, 0.15) is 5.75 Å². The van der Waals surface area contributed by atoms with E-state index in [0.717, 1.165) is 5.56 Å². The maximum atomic E-state index is 10.8. The van der Waals surface area contributed by atoms with Crippen LogP contribution in [-0.2, 0) is 9.53 Å². The second-order valence-electron chi connectivity index (χ2n) is 3.08. The van der Waals surface area contributed by atoms with Crippen LogP contribution >= 0.6 is 11.6 Å². The molecule has 1 rings (SSSR count). The van der Waals surface area contributed by atoms with Gasteiger partial charge in [0.05, 0.1) is 20.1 Å². The quantitative estimate of drug-likeness (QED) is 0.743. The number of hydrogen-bond donors (Lipinski definition) is 0. The molecule has 3 nitrogen and oxygen atoms in total. The maximum absolute atomic E-state index is 10.8. The molecule has 0 atom stereocenters. The summed E-state index contributed by atoms with van der Waals surface area (Å²) in [4.78, 5) is 10.8. The lowest BCUT2D eigenvalue weighted by Gasteiger charge is -2.08. The lowest BCUT2D eigenvalue weighted by molar-refractivity contribution is -0.141. The van der Waals surface area contributed by atoms with Gasteiger partial charge in [0.15, 0.2) is 0 Å². The van der Waals surface area contributed by atoms with Gasteiger partial charge < -0.3 is 9.47 Å². The number of carbonyl (C=O) groups is 1. The fraction of sp³-hybridized carbons (Fsp3) is 0.364. The number of methoxy groups -OCH3 is 1. The van der Waals surface area contributed by atoms with Crippen molar-refractivity contribution in [1.82, 2.24) is 0 Å². The number of ether oxygens (including phenoxy) is 2. The van der Waals surface area contributed by atoms with E-state index in [4.69, 9.17) is 16.3 Å². The van der Waals surface area contributed by atoms with Crippen LogP contribution in [0, 0.1) is 6.92 Å². The molecule has 0 heterocycles. The van der Waals surface area contributed by atoms with Crippen molar-refractivity contribution in [3.8, 4) is 5.75 Å². The zero-order valence-corrected chi connectivity index (χ0v) is 9.50. The van der Waals surface area contributed by atoms with Crippen molar-refractivity contribution >= 4 is 17.6 Å². The lowest BCUT2D eigenvalue weighted by atomic mass is 10.2. The molecule has 1 aromatic rings. The second kappa shape index (κ2) is 5.61. The molecular formula is C11H13ClO3. The number of halogens is 1. The molecule has 0 radical (unpaired) electrons. The van der Waals surface area contributed by atoms with E-state index in [0.29, 0.717) is 17.4 Å². The Morgan fingerprint density at radius 3 is 2.87 bits per heavy atom. The van der Waals surface area contributed by atoms with Gasteiger partial charge in [0.25, 0.3) is 0 Å². The third-order valence-corrected chi connectivity index (χ3v) is 2.18. The van der Waals surface area contributed by atoms with Crippen molar-refractivity contribution in [3.63, 3.8) is 0 Å². The van der Waals surface area contributed by atoms with Gasteiger partial charge in [-0.05, 0) is 24.6 Å². The van der Waals surface area contributed by atoms with E-state index in [1.807, 2.05) is 13.0 Å². The van der Waals surface area contributed by atoms with E-state index in [1.165, 1.54) is 7.11 Å². The number of rotatable bonds is 4. The Bertz CT molecular complexity index is 350. The molecule has 15 heavy (non-hydrogen) atoms. The fourth-order valence-corrected chi connectivity index (χ4v) is 1.24. The van der Waals surface area contributed by atoms with Gasteiger partial charge in [-0.2, -0.15) is 0 Å². The zero-order valence-electron chi connectivity index (χ0n) is 8.75. The van der Waals surface area contributed by atoms with Gasteiger partial charge in [-0.3, -0.25) is 4.79 Å². The van der Waals surface area contributed by atoms with Crippen molar-refractivity contribution in [2.75, 3.05) is 13.7 Å². The summed E-state index contributed by atoms with van der Waals surface area (Å²) in [5.41, 5.74) is 0.990. The summed E-state index contributed by atoms with van der Waals surface area (Å²) in [5.74, 6) is 0.418. The van der Waals surface area contributed by atoms with Crippen molar-refractivity contribution < 1.29 is 14.3 Å². The Morgan fingerprint density at radius 2 is 2.20 bits per heavy atom. The highest BCUT2D eigenvalue weighted by molar-refractivity contribution is 6.30. The minimum absolute atomic E-state index is 0.239. The van der Waals surface area contributed by atoms with Crippen LogP contribution in [0.4, 0.5) is 0 Å². The predicted molar refractivity (Wildman–Crippen MR) is 58.3 cm³/mol.